The van der Waals surface area contributed by atoms with Gasteiger partial charge in [-0.25, -0.2) is 31.3 Å². The van der Waals surface area contributed by atoms with Gasteiger partial charge in [-0.2, -0.15) is 0 Å². The summed E-state index contributed by atoms with van der Waals surface area (Å²) in [4.78, 5) is 20.8. The summed E-state index contributed by atoms with van der Waals surface area (Å²) >= 11 is 0. The number of nitrogens with zero attached hydrogens (tertiary/aromatic N) is 2. The summed E-state index contributed by atoms with van der Waals surface area (Å²) in [6.07, 6.45) is 5.63. The number of hydrogen-bond donors (Lipinski definition) is 4. The maximum Gasteiger partial charge on any atom is 0.421 e. The van der Waals surface area contributed by atoms with Crippen molar-refractivity contribution in [1.29, 1.82) is 0 Å². The maximum absolute atomic E-state index is 10.4. The standard InChI is InChI=1S/C12H26N4O4/c13-15(11(17)18)9-7-5-3-1-2-4-6-8-10-16(14)12(19)20/h1-10,13-14H2,(H,17,18)(H,19,20). The van der Waals surface area contributed by atoms with Crippen molar-refractivity contribution in [1.82, 2.24) is 10.0 Å². The van der Waals surface area contributed by atoms with Gasteiger partial charge in [0.2, 0.25) is 0 Å². The van der Waals surface area contributed by atoms with Gasteiger partial charge < -0.3 is 10.2 Å². The van der Waals surface area contributed by atoms with Crippen LogP contribution in [0.15, 0.2) is 0 Å². The lowest BCUT2D eigenvalue weighted by Crippen LogP contribution is -2.36. The summed E-state index contributed by atoms with van der Waals surface area (Å²) in [5.74, 6) is 10.5. The smallest absolute Gasteiger partial charge is 0.421 e. The zero-order chi connectivity index (χ0) is 15.4. The van der Waals surface area contributed by atoms with Crippen LogP contribution in [0.5, 0.6) is 0 Å². The molecule has 0 aliphatic rings. The van der Waals surface area contributed by atoms with E-state index in [9.17, 15) is 9.59 Å². The molecule has 8 heteroatoms. The molecule has 0 radical (unpaired) electrons. The molecule has 0 heterocycles. The first-order chi connectivity index (χ1) is 9.45. The Balaban J connectivity index is 3.21. The Morgan fingerprint density at radius 1 is 0.650 bits per heavy atom. The maximum atomic E-state index is 10.4. The van der Waals surface area contributed by atoms with Crippen LogP contribution in [-0.2, 0) is 0 Å². The lowest BCUT2D eigenvalue weighted by molar-refractivity contribution is 0.143. The van der Waals surface area contributed by atoms with Crippen LogP contribution in [0.25, 0.3) is 0 Å². The second-order valence-corrected chi connectivity index (χ2v) is 4.78. The quantitative estimate of drug-likeness (QED) is 0.198. The number of hydrazine groups is 2. The third-order valence-corrected chi connectivity index (χ3v) is 3.04. The van der Waals surface area contributed by atoms with Gasteiger partial charge in [-0.3, -0.25) is 0 Å². The molecule has 0 saturated carbocycles. The molecule has 0 aromatic rings. The second kappa shape index (κ2) is 11.3. The van der Waals surface area contributed by atoms with E-state index in [1.807, 2.05) is 0 Å². The van der Waals surface area contributed by atoms with Gasteiger partial charge in [0, 0.05) is 13.1 Å². The first-order valence-electron chi connectivity index (χ1n) is 6.95. The Hall–Kier alpha value is -1.54. The lowest BCUT2D eigenvalue weighted by Gasteiger charge is -2.12. The topological polar surface area (TPSA) is 133 Å². The van der Waals surface area contributed by atoms with Crippen LogP contribution in [0.1, 0.15) is 51.4 Å². The van der Waals surface area contributed by atoms with Gasteiger partial charge in [0.1, 0.15) is 0 Å². The molecule has 0 aromatic heterocycles. The first-order valence-corrected chi connectivity index (χ1v) is 6.95. The van der Waals surface area contributed by atoms with Crippen LogP contribution in [-0.4, -0.2) is 45.5 Å². The zero-order valence-corrected chi connectivity index (χ0v) is 11.8. The van der Waals surface area contributed by atoms with E-state index >= 15 is 0 Å². The Labute approximate surface area is 119 Å². The highest BCUT2D eigenvalue weighted by Crippen LogP contribution is 2.09. The highest BCUT2D eigenvalue weighted by atomic mass is 16.4. The van der Waals surface area contributed by atoms with Crippen LogP contribution >= 0.6 is 0 Å². The summed E-state index contributed by atoms with van der Waals surface area (Å²) in [6, 6.07) is 0. The summed E-state index contributed by atoms with van der Waals surface area (Å²) in [5.41, 5.74) is 0. The predicted molar refractivity (Wildman–Crippen MR) is 74.8 cm³/mol. The van der Waals surface area contributed by atoms with Gasteiger partial charge in [-0.05, 0) is 12.8 Å². The van der Waals surface area contributed by atoms with E-state index in [-0.39, 0.29) is 0 Å². The number of hydrogen-bond acceptors (Lipinski definition) is 4. The van der Waals surface area contributed by atoms with Gasteiger partial charge >= 0.3 is 12.2 Å². The van der Waals surface area contributed by atoms with Gasteiger partial charge in [0.05, 0.1) is 0 Å². The molecular formula is C12H26N4O4. The van der Waals surface area contributed by atoms with Crippen LogP contribution in [0.3, 0.4) is 0 Å². The molecule has 0 unspecified atom stereocenters. The van der Waals surface area contributed by atoms with Crippen LogP contribution in [0.2, 0.25) is 0 Å². The van der Waals surface area contributed by atoms with Crippen LogP contribution in [0.4, 0.5) is 9.59 Å². The van der Waals surface area contributed by atoms with Crippen molar-refractivity contribution in [2.75, 3.05) is 13.1 Å². The summed E-state index contributed by atoms with van der Waals surface area (Å²) in [7, 11) is 0. The van der Waals surface area contributed by atoms with Crippen molar-refractivity contribution in [3.8, 4) is 0 Å². The van der Waals surface area contributed by atoms with E-state index in [2.05, 4.69) is 0 Å². The summed E-state index contributed by atoms with van der Waals surface area (Å²) in [6.45, 7) is 0.744. The predicted octanol–water partition coefficient (Wildman–Crippen LogP) is 1.81. The fourth-order valence-electron chi connectivity index (χ4n) is 1.82. The molecule has 0 bridgehead atoms. The summed E-state index contributed by atoms with van der Waals surface area (Å²) < 4.78 is 0. The Kier molecular flexibility index (Phi) is 10.4. The zero-order valence-electron chi connectivity index (χ0n) is 11.8. The van der Waals surface area contributed by atoms with E-state index in [1.165, 1.54) is 0 Å². The third-order valence-electron chi connectivity index (χ3n) is 3.04. The molecule has 0 aromatic carbocycles. The number of nitrogens with two attached hydrogens (primary N) is 2. The highest BCUT2D eigenvalue weighted by molar-refractivity contribution is 5.64. The normalized spacial score (nSPS) is 10.3. The molecule has 0 aliphatic carbocycles. The van der Waals surface area contributed by atoms with Gasteiger partial charge in [0.15, 0.2) is 0 Å². The van der Waals surface area contributed by atoms with Crippen LogP contribution in [0, 0.1) is 0 Å². The molecule has 6 N–H and O–H groups in total. The molecule has 0 fully saturated rings. The Morgan fingerprint density at radius 2 is 0.900 bits per heavy atom. The lowest BCUT2D eigenvalue weighted by atomic mass is 10.1. The van der Waals surface area contributed by atoms with Crippen LogP contribution < -0.4 is 11.7 Å². The molecule has 0 saturated heterocycles. The van der Waals surface area contributed by atoms with E-state index in [4.69, 9.17) is 21.9 Å². The minimum absolute atomic E-state index is 0.372. The molecule has 0 atom stereocenters. The minimum atomic E-state index is -1.10. The average molecular weight is 290 g/mol. The molecule has 118 valence electrons. The SMILES string of the molecule is NN(CCCCCCCCCCN(N)C(=O)O)C(=O)O. The van der Waals surface area contributed by atoms with Gasteiger partial charge in [-0.1, -0.05) is 38.5 Å². The van der Waals surface area contributed by atoms with Gasteiger partial charge in [0.25, 0.3) is 0 Å². The van der Waals surface area contributed by atoms with Crippen molar-refractivity contribution in [3.05, 3.63) is 0 Å². The van der Waals surface area contributed by atoms with E-state index in [0.29, 0.717) is 13.1 Å². The molecule has 0 spiro atoms. The van der Waals surface area contributed by atoms with Crippen molar-refractivity contribution in [2.45, 2.75) is 51.4 Å². The number of unbranched alkanes of at least 4 members (excludes halogenated alkanes) is 7. The Bertz CT molecular complexity index is 261. The second-order valence-electron chi connectivity index (χ2n) is 4.78. The number of rotatable bonds is 11. The van der Waals surface area contributed by atoms with Gasteiger partial charge in [-0.15, -0.1) is 0 Å². The average Bonchev–Trinajstić information content (AvgIpc) is 2.39. The van der Waals surface area contributed by atoms with E-state index in [0.717, 1.165) is 61.4 Å². The fraction of sp³-hybridized carbons (Fsp3) is 0.833. The number of amides is 2. The first kappa shape index (κ1) is 18.5. The third kappa shape index (κ3) is 10.4. The monoisotopic (exact) mass is 290 g/mol. The van der Waals surface area contributed by atoms with Crippen molar-refractivity contribution in [2.24, 2.45) is 11.7 Å². The molecule has 20 heavy (non-hydrogen) atoms. The molecule has 2 amide bonds. The largest absolute Gasteiger partial charge is 0.464 e. The summed E-state index contributed by atoms with van der Waals surface area (Å²) in [5, 5.41) is 18.7. The van der Waals surface area contributed by atoms with Crippen molar-refractivity contribution >= 4 is 12.2 Å². The number of carbonyl (C=O) groups is 2. The van der Waals surface area contributed by atoms with E-state index in [1.54, 1.807) is 0 Å². The van der Waals surface area contributed by atoms with Crippen molar-refractivity contribution < 1.29 is 19.8 Å². The Morgan fingerprint density at radius 3 is 1.15 bits per heavy atom. The molecule has 8 nitrogen and oxygen atoms in total. The molecule has 0 aliphatic heterocycles. The highest BCUT2D eigenvalue weighted by Gasteiger charge is 2.05. The molecule has 0 rings (SSSR count). The molecular weight excluding hydrogens is 264 g/mol. The van der Waals surface area contributed by atoms with Crippen molar-refractivity contribution in [3.63, 3.8) is 0 Å². The fourth-order valence-corrected chi connectivity index (χ4v) is 1.82. The van der Waals surface area contributed by atoms with E-state index < -0.39 is 12.2 Å². The number of carboxylic acid groups (broad SMARTS) is 2. The minimum Gasteiger partial charge on any atom is -0.464 e.